The molecule has 1 aliphatic rings. The van der Waals surface area contributed by atoms with Gasteiger partial charge in [-0.3, -0.25) is 9.69 Å². The van der Waals surface area contributed by atoms with Gasteiger partial charge in [-0.2, -0.15) is 4.68 Å². The van der Waals surface area contributed by atoms with Crippen molar-refractivity contribution in [2.24, 2.45) is 0 Å². The van der Waals surface area contributed by atoms with Gasteiger partial charge >= 0.3 is 0 Å². The predicted molar refractivity (Wildman–Crippen MR) is 116 cm³/mol. The molecule has 0 atom stereocenters. The lowest BCUT2D eigenvalue weighted by atomic mass is 10.2. The number of rotatable bonds is 6. The van der Waals surface area contributed by atoms with Gasteiger partial charge in [0.05, 0.1) is 15.8 Å². The van der Waals surface area contributed by atoms with Gasteiger partial charge in [0, 0.05) is 37.6 Å². The fraction of sp³-hybridized carbons (Fsp3) is 0.368. The number of piperazine rings is 1. The van der Waals surface area contributed by atoms with E-state index in [-0.39, 0.29) is 5.91 Å². The van der Waals surface area contributed by atoms with Crippen LogP contribution in [0.5, 0.6) is 0 Å². The number of carbonyl (C=O) groups excluding carboxylic acids is 1. The summed E-state index contributed by atoms with van der Waals surface area (Å²) in [5.74, 6) is 0.445. The molecule has 29 heavy (non-hydrogen) atoms. The summed E-state index contributed by atoms with van der Waals surface area (Å²) >= 11 is 9.00. The lowest BCUT2D eigenvalue weighted by Crippen LogP contribution is -2.48. The molecular weight excluding hydrogens is 428 g/mol. The van der Waals surface area contributed by atoms with E-state index in [0.717, 1.165) is 48.3 Å². The van der Waals surface area contributed by atoms with Gasteiger partial charge in [0.1, 0.15) is 0 Å². The highest BCUT2D eigenvalue weighted by atomic mass is 35.5. The van der Waals surface area contributed by atoms with E-state index >= 15 is 0 Å². The fourth-order valence-electron chi connectivity index (χ4n) is 3.25. The summed E-state index contributed by atoms with van der Waals surface area (Å²) in [6, 6.07) is 11.9. The maximum absolute atomic E-state index is 12.7. The molecule has 0 saturated carbocycles. The van der Waals surface area contributed by atoms with Gasteiger partial charge in [0.2, 0.25) is 11.1 Å². The van der Waals surface area contributed by atoms with Crippen molar-refractivity contribution in [3.63, 3.8) is 0 Å². The number of thiophene rings is 1. The van der Waals surface area contributed by atoms with Crippen molar-refractivity contribution >= 4 is 40.6 Å². The van der Waals surface area contributed by atoms with Gasteiger partial charge in [0.25, 0.3) is 0 Å². The first-order valence-electron chi connectivity index (χ1n) is 9.31. The molecule has 0 aliphatic carbocycles. The Morgan fingerprint density at radius 2 is 1.97 bits per heavy atom. The lowest BCUT2D eigenvalue weighted by Gasteiger charge is -2.34. The molecule has 0 spiro atoms. The van der Waals surface area contributed by atoms with Crippen LogP contribution in [0.1, 0.15) is 10.4 Å². The fourth-order valence-corrected chi connectivity index (χ4v) is 5.17. The Balaban J connectivity index is 1.29. The number of amides is 1. The van der Waals surface area contributed by atoms with Crippen molar-refractivity contribution in [1.82, 2.24) is 30.0 Å². The highest BCUT2D eigenvalue weighted by Crippen LogP contribution is 2.24. The number of tetrazole rings is 1. The zero-order valence-corrected chi connectivity index (χ0v) is 18.4. The number of hydrogen-bond acceptors (Lipinski definition) is 7. The van der Waals surface area contributed by atoms with Crippen LogP contribution >= 0.6 is 34.7 Å². The second-order valence-electron chi connectivity index (χ2n) is 6.81. The number of aromatic nitrogens is 4. The minimum atomic E-state index is 0.119. The zero-order valence-electron chi connectivity index (χ0n) is 16.0. The average Bonchev–Trinajstić information content (AvgIpc) is 3.36. The SMILES string of the molecule is Cc1ccccc1-n1nnnc1SCC(=O)N1CCN(Cc2ccc(Cl)s2)CC1. The van der Waals surface area contributed by atoms with E-state index in [0.29, 0.717) is 10.9 Å². The molecule has 0 bridgehead atoms. The summed E-state index contributed by atoms with van der Waals surface area (Å²) in [5.41, 5.74) is 2.01. The molecule has 152 valence electrons. The first-order valence-corrected chi connectivity index (χ1v) is 11.5. The van der Waals surface area contributed by atoms with Crippen molar-refractivity contribution in [2.45, 2.75) is 18.6 Å². The number of thioether (sulfide) groups is 1. The van der Waals surface area contributed by atoms with E-state index in [1.165, 1.54) is 16.6 Å². The molecule has 1 aromatic carbocycles. The summed E-state index contributed by atoms with van der Waals surface area (Å²) < 4.78 is 2.51. The molecule has 0 unspecified atom stereocenters. The van der Waals surface area contributed by atoms with Crippen LogP contribution in [-0.4, -0.2) is 67.8 Å². The van der Waals surface area contributed by atoms with E-state index < -0.39 is 0 Å². The summed E-state index contributed by atoms with van der Waals surface area (Å²) in [4.78, 5) is 18.2. The molecule has 3 aromatic rings. The number of benzene rings is 1. The van der Waals surface area contributed by atoms with Crippen LogP contribution in [0.4, 0.5) is 0 Å². The van der Waals surface area contributed by atoms with E-state index in [1.807, 2.05) is 42.2 Å². The first kappa shape index (κ1) is 20.3. The molecule has 0 N–H and O–H groups in total. The van der Waals surface area contributed by atoms with Gasteiger partial charge in [-0.05, 0) is 41.1 Å². The summed E-state index contributed by atoms with van der Waals surface area (Å²) in [6.07, 6.45) is 0. The van der Waals surface area contributed by atoms with Crippen LogP contribution in [0.3, 0.4) is 0 Å². The average molecular weight is 449 g/mol. The maximum atomic E-state index is 12.7. The van der Waals surface area contributed by atoms with Gasteiger partial charge in [-0.25, -0.2) is 0 Å². The number of halogens is 1. The minimum Gasteiger partial charge on any atom is -0.339 e. The third-order valence-electron chi connectivity index (χ3n) is 4.84. The van der Waals surface area contributed by atoms with E-state index in [9.17, 15) is 4.79 Å². The highest BCUT2D eigenvalue weighted by molar-refractivity contribution is 7.99. The van der Waals surface area contributed by atoms with Crippen molar-refractivity contribution in [1.29, 1.82) is 0 Å². The van der Waals surface area contributed by atoms with Crippen LogP contribution in [0.15, 0.2) is 41.6 Å². The normalized spacial score (nSPS) is 15.0. The van der Waals surface area contributed by atoms with Crippen LogP contribution in [0.25, 0.3) is 5.69 Å². The predicted octanol–water partition coefficient (Wildman–Crippen LogP) is 3.12. The quantitative estimate of drug-likeness (QED) is 0.540. The van der Waals surface area contributed by atoms with Gasteiger partial charge in [-0.15, -0.1) is 16.4 Å². The van der Waals surface area contributed by atoms with Crippen molar-refractivity contribution < 1.29 is 4.79 Å². The van der Waals surface area contributed by atoms with Crippen LogP contribution in [-0.2, 0) is 11.3 Å². The smallest absolute Gasteiger partial charge is 0.233 e. The minimum absolute atomic E-state index is 0.119. The summed E-state index contributed by atoms with van der Waals surface area (Å²) in [5, 5.41) is 12.6. The van der Waals surface area contributed by atoms with Gasteiger partial charge in [0.15, 0.2) is 0 Å². The Morgan fingerprint density at radius 3 is 2.69 bits per heavy atom. The molecule has 1 aliphatic heterocycles. The molecule has 4 rings (SSSR count). The second-order valence-corrected chi connectivity index (χ2v) is 9.55. The van der Waals surface area contributed by atoms with Crippen molar-refractivity contribution in [3.05, 3.63) is 51.2 Å². The second kappa shape index (κ2) is 9.25. The lowest BCUT2D eigenvalue weighted by molar-refractivity contribution is -0.130. The van der Waals surface area contributed by atoms with E-state index in [1.54, 1.807) is 16.0 Å². The standard InChI is InChI=1S/C19H21ClN6OS2/c1-14-4-2-3-5-16(14)26-19(21-22-23-26)28-13-18(27)25-10-8-24(9-11-25)12-15-6-7-17(20)29-15/h2-7H,8-13H2,1H3. The Kier molecular flexibility index (Phi) is 6.49. The number of nitrogens with zero attached hydrogens (tertiary/aromatic N) is 6. The number of carbonyl (C=O) groups is 1. The Bertz CT molecular complexity index is 983. The maximum Gasteiger partial charge on any atom is 0.233 e. The largest absolute Gasteiger partial charge is 0.339 e. The highest BCUT2D eigenvalue weighted by Gasteiger charge is 2.22. The number of para-hydroxylation sites is 1. The van der Waals surface area contributed by atoms with Crippen LogP contribution in [0, 0.1) is 6.92 Å². The number of aryl methyl sites for hydroxylation is 1. The van der Waals surface area contributed by atoms with E-state index in [2.05, 4.69) is 26.5 Å². The first-order chi connectivity index (χ1) is 14.1. The Labute approximate surface area is 182 Å². The van der Waals surface area contributed by atoms with Crippen LogP contribution in [0.2, 0.25) is 4.34 Å². The molecular formula is C19H21ClN6OS2. The molecule has 1 fully saturated rings. The molecule has 10 heteroatoms. The summed E-state index contributed by atoms with van der Waals surface area (Å²) in [7, 11) is 0. The molecule has 2 aromatic heterocycles. The molecule has 1 saturated heterocycles. The molecule has 7 nitrogen and oxygen atoms in total. The Morgan fingerprint density at radius 1 is 1.17 bits per heavy atom. The Hall–Kier alpha value is -1.94. The van der Waals surface area contributed by atoms with Crippen molar-refractivity contribution in [2.75, 3.05) is 31.9 Å². The zero-order chi connectivity index (χ0) is 20.2. The van der Waals surface area contributed by atoms with Gasteiger partial charge in [-0.1, -0.05) is 41.6 Å². The third-order valence-corrected chi connectivity index (χ3v) is 6.96. The monoisotopic (exact) mass is 448 g/mol. The number of hydrogen-bond donors (Lipinski definition) is 0. The summed E-state index contributed by atoms with van der Waals surface area (Å²) in [6.45, 7) is 6.11. The van der Waals surface area contributed by atoms with E-state index in [4.69, 9.17) is 11.6 Å². The van der Waals surface area contributed by atoms with Crippen molar-refractivity contribution in [3.8, 4) is 5.69 Å². The third kappa shape index (κ3) is 4.98. The van der Waals surface area contributed by atoms with Crippen LogP contribution < -0.4 is 0 Å². The topological polar surface area (TPSA) is 67.2 Å². The van der Waals surface area contributed by atoms with Gasteiger partial charge < -0.3 is 4.90 Å². The molecule has 3 heterocycles. The molecule has 1 amide bonds. The molecule has 0 radical (unpaired) electrons.